The molecule has 3 nitrogen and oxygen atoms in total. The maximum absolute atomic E-state index is 11.1. The van der Waals surface area contributed by atoms with Gasteiger partial charge in [-0.1, -0.05) is 0 Å². The third kappa shape index (κ3) is 4.54. The molecule has 0 aliphatic heterocycles. The second-order valence-corrected chi connectivity index (χ2v) is 6.62. The van der Waals surface area contributed by atoms with E-state index in [1.165, 1.54) is 12.1 Å². The summed E-state index contributed by atoms with van der Waals surface area (Å²) in [5, 5.41) is 0. The predicted octanol–water partition coefficient (Wildman–Crippen LogP) is 2.90. The SMILES string of the molecule is O=S(=O)(Cl)c1ccc(N(CCCl)CCCl)cc1. The van der Waals surface area contributed by atoms with Gasteiger partial charge in [0, 0.05) is 41.2 Å². The van der Waals surface area contributed by atoms with Crippen LogP contribution in [0.5, 0.6) is 0 Å². The van der Waals surface area contributed by atoms with Crippen LogP contribution in [0.4, 0.5) is 5.69 Å². The summed E-state index contributed by atoms with van der Waals surface area (Å²) in [6, 6.07) is 6.31. The molecule has 1 rings (SSSR count). The smallest absolute Gasteiger partial charge is 0.261 e. The van der Waals surface area contributed by atoms with Crippen LogP contribution in [-0.2, 0) is 9.05 Å². The van der Waals surface area contributed by atoms with E-state index in [-0.39, 0.29) is 4.90 Å². The van der Waals surface area contributed by atoms with Gasteiger partial charge in [0.15, 0.2) is 0 Å². The van der Waals surface area contributed by atoms with Crippen molar-refractivity contribution in [2.75, 3.05) is 29.7 Å². The Hall–Kier alpha value is -0.160. The van der Waals surface area contributed by atoms with Crippen LogP contribution in [0.2, 0.25) is 0 Å². The van der Waals surface area contributed by atoms with Gasteiger partial charge in [0.25, 0.3) is 9.05 Å². The van der Waals surface area contributed by atoms with Crippen molar-refractivity contribution in [3.8, 4) is 0 Å². The summed E-state index contributed by atoms with van der Waals surface area (Å²) >= 11 is 11.4. The molecule has 0 fully saturated rings. The molecule has 1 aromatic rings. The van der Waals surface area contributed by atoms with Crippen LogP contribution in [0.3, 0.4) is 0 Å². The third-order valence-corrected chi connectivity index (χ3v) is 3.90. The lowest BCUT2D eigenvalue weighted by molar-refractivity contribution is 0.609. The molecule has 17 heavy (non-hydrogen) atoms. The first-order chi connectivity index (χ1) is 7.99. The molecule has 0 aliphatic rings. The fraction of sp³-hybridized carbons (Fsp3) is 0.400. The van der Waals surface area contributed by atoms with Crippen molar-refractivity contribution < 1.29 is 8.42 Å². The van der Waals surface area contributed by atoms with E-state index in [2.05, 4.69) is 0 Å². The van der Waals surface area contributed by atoms with Gasteiger partial charge >= 0.3 is 0 Å². The summed E-state index contributed by atoms with van der Waals surface area (Å²) in [6.07, 6.45) is 0. The summed E-state index contributed by atoms with van der Waals surface area (Å²) in [4.78, 5) is 2.06. The second kappa shape index (κ2) is 6.69. The van der Waals surface area contributed by atoms with Gasteiger partial charge in [-0.3, -0.25) is 0 Å². The van der Waals surface area contributed by atoms with Gasteiger partial charge in [-0.25, -0.2) is 8.42 Å². The first kappa shape index (κ1) is 14.9. The van der Waals surface area contributed by atoms with Crippen LogP contribution in [0, 0.1) is 0 Å². The van der Waals surface area contributed by atoms with Gasteiger partial charge in [-0.15, -0.1) is 23.2 Å². The molecule has 0 saturated carbocycles. The van der Waals surface area contributed by atoms with Crippen molar-refractivity contribution >= 4 is 48.6 Å². The molecule has 0 aliphatic carbocycles. The molecule has 7 heteroatoms. The van der Waals surface area contributed by atoms with Gasteiger partial charge in [0.1, 0.15) is 0 Å². The molecular weight excluding hydrogens is 305 g/mol. The number of nitrogens with zero attached hydrogens (tertiary/aromatic N) is 1. The monoisotopic (exact) mass is 315 g/mol. The van der Waals surface area contributed by atoms with Crippen molar-refractivity contribution in [2.45, 2.75) is 4.90 Å². The van der Waals surface area contributed by atoms with Gasteiger partial charge in [0.2, 0.25) is 0 Å². The van der Waals surface area contributed by atoms with E-state index >= 15 is 0 Å². The number of alkyl halides is 2. The minimum absolute atomic E-state index is 0.0830. The molecule has 0 bridgehead atoms. The molecule has 0 unspecified atom stereocenters. The maximum Gasteiger partial charge on any atom is 0.261 e. The Balaban J connectivity index is 2.91. The van der Waals surface area contributed by atoms with Crippen molar-refractivity contribution in [1.82, 2.24) is 0 Å². The molecule has 0 saturated heterocycles. The molecule has 96 valence electrons. The molecular formula is C10H12Cl3NO2S. The van der Waals surface area contributed by atoms with Crippen LogP contribution >= 0.6 is 33.9 Å². The van der Waals surface area contributed by atoms with Crippen molar-refractivity contribution in [3.05, 3.63) is 24.3 Å². The number of halogens is 3. The zero-order valence-corrected chi connectivity index (χ0v) is 12.0. The standard InChI is InChI=1S/C10H12Cl3NO2S/c11-5-7-14(8-6-12)9-1-3-10(4-2-9)17(13,15)16/h1-4H,5-8H2. The Morgan fingerprint density at radius 3 is 1.82 bits per heavy atom. The molecule has 0 spiro atoms. The Morgan fingerprint density at radius 2 is 1.47 bits per heavy atom. The molecule has 0 atom stereocenters. The lowest BCUT2D eigenvalue weighted by Gasteiger charge is -2.22. The zero-order chi connectivity index (χ0) is 12.9. The lowest BCUT2D eigenvalue weighted by Crippen LogP contribution is -2.27. The van der Waals surface area contributed by atoms with Crippen LogP contribution in [-0.4, -0.2) is 33.3 Å². The van der Waals surface area contributed by atoms with Gasteiger partial charge in [-0.2, -0.15) is 0 Å². The predicted molar refractivity (Wildman–Crippen MR) is 73.1 cm³/mol. The summed E-state index contributed by atoms with van der Waals surface area (Å²) in [5.41, 5.74) is 0.871. The fourth-order valence-corrected chi connectivity index (χ4v) is 2.57. The van der Waals surface area contributed by atoms with E-state index in [1.54, 1.807) is 12.1 Å². The van der Waals surface area contributed by atoms with E-state index in [9.17, 15) is 8.42 Å². The second-order valence-electron chi connectivity index (χ2n) is 3.30. The summed E-state index contributed by atoms with van der Waals surface area (Å²) in [5.74, 6) is 0.957. The molecule has 1 aromatic carbocycles. The van der Waals surface area contributed by atoms with E-state index in [0.717, 1.165) is 5.69 Å². The van der Waals surface area contributed by atoms with Crippen LogP contribution < -0.4 is 4.90 Å². The van der Waals surface area contributed by atoms with Crippen molar-refractivity contribution in [3.63, 3.8) is 0 Å². The number of hydrogen-bond acceptors (Lipinski definition) is 3. The largest absolute Gasteiger partial charge is 0.369 e. The Kier molecular flexibility index (Phi) is 5.86. The molecule has 0 aromatic heterocycles. The highest BCUT2D eigenvalue weighted by Gasteiger charge is 2.11. The average molecular weight is 317 g/mol. The Bertz CT molecular complexity index is 441. The topological polar surface area (TPSA) is 37.4 Å². The lowest BCUT2D eigenvalue weighted by atomic mass is 10.3. The molecule has 0 amide bonds. The minimum atomic E-state index is -3.67. The van der Waals surface area contributed by atoms with E-state index in [4.69, 9.17) is 33.9 Å². The summed E-state index contributed by atoms with van der Waals surface area (Å²) in [6.45, 7) is 1.31. The van der Waals surface area contributed by atoms with E-state index in [0.29, 0.717) is 24.8 Å². The van der Waals surface area contributed by atoms with Crippen LogP contribution in [0.15, 0.2) is 29.2 Å². The fourth-order valence-electron chi connectivity index (χ4n) is 1.39. The number of hydrogen-bond donors (Lipinski definition) is 0. The van der Waals surface area contributed by atoms with E-state index in [1.807, 2.05) is 4.90 Å². The first-order valence-corrected chi connectivity index (χ1v) is 8.28. The number of benzene rings is 1. The van der Waals surface area contributed by atoms with E-state index < -0.39 is 9.05 Å². The van der Waals surface area contributed by atoms with Crippen LogP contribution in [0.1, 0.15) is 0 Å². The number of anilines is 1. The third-order valence-electron chi connectivity index (χ3n) is 2.19. The zero-order valence-electron chi connectivity index (χ0n) is 8.94. The highest BCUT2D eigenvalue weighted by atomic mass is 35.7. The highest BCUT2D eigenvalue weighted by Crippen LogP contribution is 2.20. The average Bonchev–Trinajstić information content (AvgIpc) is 2.28. The maximum atomic E-state index is 11.1. The minimum Gasteiger partial charge on any atom is -0.369 e. The Labute approximate surface area is 116 Å². The highest BCUT2D eigenvalue weighted by molar-refractivity contribution is 8.13. The van der Waals surface area contributed by atoms with Gasteiger partial charge in [0.05, 0.1) is 4.90 Å². The Morgan fingerprint density at radius 1 is 1.00 bits per heavy atom. The van der Waals surface area contributed by atoms with Crippen molar-refractivity contribution in [2.24, 2.45) is 0 Å². The molecule has 0 heterocycles. The quantitative estimate of drug-likeness (QED) is 0.598. The van der Waals surface area contributed by atoms with Gasteiger partial charge < -0.3 is 4.90 Å². The molecule has 0 N–H and O–H groups in total. The van der Waals surface area contributed by atoms with Crippen molar-refractivity contribution in [1.29, 1.82) is 0 Å². The first-order valence-electron chi connectivity index (χ1n) is 4.90. The molecule has 0 radical (unpaired) electrons. The van der Waals surface area contributed by atoms with Gasteiger partial charge in [-0.05, 0) is 24.3 Å². The normalized spacial score (nSPS) is 11.5. The summed E-state index contributed by atoms with van der Waals surface area (Å²) in [7, 11) is 1.56. The number of rotatable bonds is 6. The summed E-state index contributed by atoms with van der Waals surface area (Å²) < 4.78 is 22.2. The van der Waals surface area contributed by atoms with Crippen LogP contribution in [0.25, 0.3) is 0 Å².